The van der Waals surface area contributed by atoms with E-state index in [1.54, 1.807) is 21.1 Å². The lowest BCUT2D eigenvalue weighted by Gasteiger charge is -2.35. The van der Waals surface area contributed by atoms with Crippen molar-refractivity contribution in [3.8, 4) is 11.5 Å². The Balaban J connectivity index is 1.77. The van der Waals surface area contributed by atoms with E-state index in [1.165, 1.54) is 0 Å². The van der Waals surface area contributed by atoms with Crippen molar-refractivity contribution >= 4 is 5.96 Å². The van der Waals surface area contributed by atoms with Crippen LogP contribution in [0.15, 0.2) is 27.7 Å². The van der Waals surface area contributed by atoms with Gasteiger partial charge >= 0.3 is 0 Å². The van der Waals surface area contributed by atoms with Crippen LogP contribution in [0.4, 0.5) is 0 Å². The number of benzene rings is 1. The van der Waals surface area contributed by atoms with Gasteiger partial charge in [-0.15, -0.1) is 0 Å². The number of morpholine rings is 1. The van der Waals surface area contributed by atoms with E-state index in [0.29, 0.717) is 42.3 Å². The van der Waals surface area contributed by atoms with Crippen molar-refractivity contribution in [2.75, 3.05) is 53.6 Å². The summed E-state index contributed by atoms with van der Waals surface area (Å²) in [6, 6.07) is 6.17. The first-order valence-electron chi connectivity index (χ1n) is 10.5. The third kappa shape index (κ3) is 6.31. The topological polar surface area (TPSA) is 106 Å². The molecule has 10 nitrogen and oxygen atoms in total. The predicted octanol–water partition coefficient (Wildman–Crippen LogP) is 1.52. The summed E-state index contributed by atoms with van der Waals surface area (Å²) in [5, 5.41) is 10.6. The molecule has 0 amide bonds. The predicted molar refractivity (Wildman–Crippen MR) is 117 cm³/mol. The largest absolute Gasteiger partial charge is 0.493 e. The summed E-state index contributed by atoms with van der Waals surface area (Å²) in [6.07, 6.45) is 0. The van der Waals surface area contributed by atoms with E-state index in [9.17, 15) is 0 Å². The van der Waals surface area contributed by atoms with E-state index >= 15 is 0 Å². The van der Waals surface area contributed by atoms with Crippen LogP contribution in [-0.4, -0.2) is 74.6 Å². The zero-order chi connectivity index (χ0) is 22.1. The third-order valence-corrected chi connectivity index (χ3v) is 5.03. The molecule has 0 saturated carbocycles. The normalized spacial score (nSPS) is 16.1. The summed E-state index contributed by atoms with van der Waals surface area (Å²) in [5.41, 5.74) is 1.14. The van der Waals surface area contributed by atoms with Crippen molar-refractivity contribution < 1.29 is 18.7 Å². The molecule has 0 radical (unpaired) electrons. The average molecular weight is 433 g/mol. The minimum Gasteiger partial charge on any atom is -0.493 e. The molecule has 1 saturated heterocycles. The second-order valence-electron chi connectivity index (χ2n) is 7.08. The van der Waals surface area contributed by atoms with Crippen molar-refractivity contribution in [3.63, 3.8) is 0 Å². The summed E-state index contributed by atoms with van der Waals surface area (Å²) < 4.78 is 21.5. The van der Waals surface area contributed by atoms with E-state index in [0.717, 1.165) is 38.4 Å². The number of nitrogens with zero attached hydrogens (tertiary/aromatic N) is 4. The van der Waals surface area contributed by atoms with Gasteiger partial charge in [0.1, 0.15) is 6.54 Å². The second kappa shape index (κ2) is 11.5. The Morgan fingerprint density at radius 3 is 2.61 bits per heavy atom. The lowest BCUT2D eigenvalue weighted by atomic mass is 10.0. The van der Waals surface area contributed by atoms with Crippen LogP contribution < -0.4 is 20.1 Å². The number of methoxy groups -OCH3 is 2. The Bertz CT molecular complexity index is 850. The van der Waals surface area contributed by atoms with Gasteiger partial charge in [-0.05, 0) is 24.6 Å². The quantitative estimate of drug-likeness (QED) is 0.451. The fourth-order valence-corrected chi connectivity index (χ4v) is 3.50. The van der Waals surface area contributed by atoms with E-state index < -0.39 is 0 Å². The third-order valence-electron chi connectivity index (χ3n) is 5.03. The molecule has 31 heavy (non-hydrogen) atoms. The van der Waals surface area contributed by atoms with E-state index in [-0.39, 0.29) is 6.04 Å². The van der Waals surface area contributed by atoms with E-state index in [1.807, 2.05) is 19.1 Å². The minimum atomic E-state index is 0.111. The smallest absolute Gasteiger partial charge is 0.223 e. The molecule has 0 spiro atoms. The maximum absolute atomic E-state index is 5.56. The molecular formula is C21H32N6O4. The summed E-state index contributed by atoms with van der Waals surface area (Å²) in [7, 11) is 3.29. The molecular weight excluding hydrogens is 400 g/mol. The van der Waals surface area contributed by atoms with Gasteiger partial charge in [-0.3, -0.25) is 4.90 Å². The van der Waals surface area contributed by atoms with Crippen molar-refractivity contribution in [1.82, 2.24) is 25.7 Å². The van der Waals surface area contributed by atoms with Gasteiger partial charge in [-0.1, -0.05) is 11.2 Å². The molecule has 2 aromatic rings. The number of rotatable bonds is 9. The van der Waals surface area contributed by atoms with Crippen LogP contribution in [0.2, 0.25) is 0 Å². The van der Waals surface area contributed by atoms with Gasteiger partial charge in [-0.2, -0.15) is 4.98 Å². The highest BCUT2D eigenvalue weighted by Crippen LogP contribution is 2.32. The molecule has 0 aliphatic carbocycles. The standard InChI is InChI=1S/C21H32N6O4/c1-5-22-21(24-14-20-25-15(2)31-26-20)23-13-17(27-8-10-30-11-9-27)16-6-7-18(28-3)19(12-16)29-4/h6-7,12,17H,5,8-11,13-14H2,1-4H3,(H2,22,23,24). The van der Waals surface area contributed by atoms with Gasteiger partial charge in [-0.25, -0.2) is 4.99 Å². The fraction of sp³-hybridized carbons (Fsp3) is 0.571. The molecule has 0 bridgehead atoms. The molecule has 1 aromatic carbocycles. The Hall–Kier alpha value is -2.85. The van der Waals surface area contributed by atoms with Gasteiger partial charge in [0.15, 0.2) is 23.3 Å². The summed E-state index contributed by atoms with van der Waals surface area (Å²) in [5.74, 6) is 3.21. The maximum Gasteiger partial charge on any atom is 0.223 e. The van der Waals surface area contributed by atoms with E-state index in [4.69, 9.17) is 18.7 Å². The number of nitrogens with one attached hydrogen (secondary N) is 2. The SMILES string of the molecule is CCNC(=NCc1noc(C)n1)NCC(c1ccc(OC)c(OC)c1)N1CCOCC1. The molecule has 1 aromatic heterocycles. The molecule has 2 heterocycles. The fourth-order valence-electron chi connectivity index (χ4n) is 3.50. The summed E-state index contributed by atoms with van der Waals surface area (Å²) in [6.45, 7) is 8.69. The van der Waals surface area contributed by atoms with Gasteiger partial charge in [0.25, 0.3) is 0 Å². The van der Waals surface area contributed by atoms with Crippen LogP contribution in [-0.2, 0) is 11.3 Å². The number of aryl methyl sites for hydroxylation is 1. The maximum atomic E-state index is 5.56. The summed E-state index contributed by atoms with van der Waals surface area (Å²) in [4.78, 5) is 11.2. The van der Waals surface area contributed by atoms with Crippen LogP contribution in [0.25, 0.3) is 0 Å². The first-order chi connectivity index (χ1) is 15.1. The van der Waals surface area contributed by atoms with Crippen molar-refractivity contribution in [2.24, 2.45) is 4.99 Å². The molecule has 1 fully saturated rings. The molecule has 10 heteroatoms. The Morgan fingerprint density at radius 1 is 1.19 bits per heavy atom. The lowest BCUT2D eigenvalue weighted by Crippen LogP contribution is -2.46. The first kappa shape index (κ1) is 22.8. The first-order valence-corrected chi connectivity index (χ1v) is 10.5. The van der Waals surface area contributed by atoms with Gasteiger partial charge in [0.2, 0.25) is 5.89 Å². The highest BCUT2D eigenvalue weighted by Gasteiger charge is 2.24. The molecule has 1 atom stereocenters. The summed E-state index contributed by atoms with van der Waals surface area (Å²) >= 11 is 0. The van der Waals surface area contributed by atoms with Crippen molar-refractivity contribution in [2.45, 2.75) is 26.4 Å². The van der Waals surface area contributed by atoms with Gasteiger partial charge < -0.3 is 29.4 Å². The van der Waals surface area contributed by atoms with Crippen LogP contribution in [0.3, 0.4) is 0 Å². The zero-order valence-corrected chi connectivity index (χ0v) is 18.7. The Kier molecular flexibility index (Phi) is 8.48. The van der Waals surface area contributed by atoms with Gasteiger partial charge in [0, 0.05) is 33.1 Å². The monoisotopic (exact) mass is 432 g/mol. The van der Waals surface area contributed by atoms with Gasteiger partial charge in [0.05, 0.1) is 33.5 Å². The molecule has 1 unspecified atom stereocenters. The number of aliphatic imine (C=N–C) groups is 1. The molecule has 1 aliphatic rings. The number of aromatic nitrogens is 2. The highest BCUT2D eigenvalue weighted by atomic mass is 16.5. The van der Waals surface area contributed by atoms with Crippen molar-refractivity contribution in [3.05, 3.63) is 35.5 Å². The molecule has 3 rings (SSSR count). The van der Waals surface area contributed by atoms with Crippen LogP contribution in [0.5, 0.6) is 11.5 Å². The highest BCUT2D eigenvalue weighted by molar-refractivity contribution is 5.79. The van der Waals surface area contributed by atoms with E-state index in [2.05, 4.69) is 36.7 Å². The second-order valence-corrected chi connectivity index (χ2v) is 7.08. The molecule has 170 valence electrons. The number of ether oxygens (including phenoxy) is 3. The van der Waals surface area contributed by atoms with Crippen molar-refractivity contribution in [1.29, 1.82) is 0 Å². The Labute approximate surface area is 183 Å². The van der Waals surface area contributed by atoms with Crippen LogP contribution >= 0.6 is 0 Å². The number of guanidine groups is 1. The molecule has 1 aliphatic heterocycles. The zero-order valence-electron chi connectivity index (χ0n) is 18.7. The number of hydrogen-bond donors (Lipinski definition) is 2. The lowest BCUT2D eigenvalue weighted by molar-refractivity contribution is 0.0169. The number of hydrogen-bond acceptors (Lipinski definition) is 8. The molecule has 2 N–H and O–H groups in total. The van der Waals surface area contributed by atoms with Crippen LogP contribution in [0, 0.1) is 6.92 Å². The average Bonchev–Trinajstić information content (AvgIpc) is 3.23. The van der Waals surface area contributed by atoms with Crippen LogP contribution in [0.1, 0.15) is 30.2 Å². The minimum absolute atomic E-state index is 0.111. The Morgan fingerprint density at radius 2 is 1.97 bits per heavy atom.